The van der Waals surface area contributed by atoms with Crippen LogP contribution in [0.2, 0.25) is 0 Å². The van der Waals surface area contributed by atoms with Gasteiger partial charge >= 0.3 is 0 Å². The van der Waals surface area contributed by atoms with E-state index >= 15 is 0 Å². The number of amides is 1. The van der Waals surface area contributed by atoms with Crippen LogP contribution in [0.15, 0.2) is 18.2 Å². The van der Waals surface area contributed by atoms with Gasteiger partial charge in [0.05, 0.1) is 19.3 Å². The van der Waals surface area contributed by atoms with Crippen LogP contribution in [-0.4, -0.2) is 57.7 Å². The second-order valence-electron chi connectivity index (χ2n) is 4.82. The standard InChI is InChI=1S/C14H22N4O2/c1-16-10-14(19)18-7-5-17(6-8-18)11-3-4-12(15)13(9-11)20-2/h3-4,9,16H,5-8,10,15H2,1-2H3. The number of nitrogens with zero attached hydrogens (tertiary/aromatic N) is 2. The number of likely N-dealkylation sites (N-methyl/N-ethyl adjacent to an activating group) is 1. The van der Waals surface area contributed by atoms with Gasteiger partial charge in [-0.25, -0.2) is 0 Å². The Morgan fingerprint density at radius 1 is 1.35 bits per heavy atom. The van der Waals surface area contributed by atoms with Gasteiger partial charge in [0.25, 0.3) is 0 Å². The summed E-state index contributed by atoms with van der Waals surface area (Å²) in [4.78, 5) is 15.9. The topological polar surface area (TPSA) is 70.8 Å². The van der Waals surface area contributed by atoms with Crippen molar-refractivity contribution in [3.8, 4) is 5.75 Å². The monoisotopic (exact) mass is 278 g/mol. The summed E-state index contributed by atoms with van der Waals surface area (Å²) in [6.45, 7) is 3.53. The number of anilines is 2. The quantitative estimate of drug-likeness (QED) is 0.767. The summed E-state index contributed by atoms with van der Waals surface area (Å²) < 4.78 is 5.24. The van der Waals surface area contributed by atoms with Crippen LogP contribution in [0.25, 0.3) is 0 Å². The Balaban J connectivity index is 1.98. The van der Waals surface area contributed by atoms with Gasteiger partial charge in [-0.2, -0.15) is 0 Å². The van der Waals surface area contributed by atoms with E-state index < -0.39 is 0 Å². The molecule has 0 radical (unpaired) electrons. The Bertz CT molecular complexity index is 470. The van der Waals surface area contributed by atoms with Gasteiger partial charge in [-0.1, -0.05) is 0 Å². The van der Waals surface area contributed by atoms with Crippen LogP contribution in [-0.2, 0) is 4.79 Å². The summed E-state index contributed by atoms with van der Waals surface area (Å²) in [7, 11) is 3.40. The summed E-state index contributed by atoms with van der Waals surface area (Å²) in [5.41, 5.74) is 7.54. The molecule has 0 aromatic heterocycles. The summed E-state index contributed by atoms with van der Waals surface area (Å²) in [6, 6.07) is 5.79. The van der Waals surface area contributed by atoms with E-state index in [4.69, 9.17) is 10.5 Å². The average molecular weight is 278 g/mol. The number of ether oxygens (including phenoxy) is 1. The first-order valence-corrected chi connectivity index (χ1v) is 6.76. The molecule has 0 unspecified atom stereocenters. The van der Waals surface area contributed by atoms with Crippen molar-refractivity contribution in [2.24, 2.45) is 0 Å². The highest BCUT2D eigenvalue weighted by Gasteiger charge is 2.21. The number of nitrogens with two attached hydrogens (primary N) is 1. The lowest BCUT2D eigenvalue weighted by atomic mass is 10.2. The molecule has 20 heavy (non-hydrogen) atoms. The first kappa shape index (κ1) is 14.5. The number of carbonyl (C=O) groups excluding carboxylic acids is 1. The van der Waals surface area contributed by atoms with Crippen LogP contribution >= 0.6 is 0 Å². The molecule has 0 atom stereocenters. The molecule has 1 saturated heterocycles. The number of hydrogen-bond acceptors (Lipinski definition) is 5. The third kappa shape index (κ3) is 3.14. The second kappa shape index (κ2) is 6.47. The van der Waals surface area contributed by atoms with Gasteiger partial charge in [-0.15, -0.1) is 0 Å². The predicted octanol–water partition coefficient (Wildman–Crippen LogP) is 0.145. The maximum Gasteiger partial charge on any atom is 0.236 e. The van der Waals surface area contributed by atoms with Crippen molar-refractivity contribution in [2.75, 3.05) is 57.5 Å². The Morgan fingerprint density at radius 3 is 2.65 bits per heavy atom. The SMILES string of the molecule is CNCC(=O)N1CCN(c2ccc(N)c(OC)c2)CC1. The van der Waals surface area contributed by atoms with Crippen LogP contribution in [0, 0.1) is 0 Å². The smallest absolute Gasteiger partial charge is 0.236 e. The number of nitrogens with one attached hydrogen (secondary N) is 1. The minimum atomic E-state index is 0.155. The van der Waals surface area contributed by atoms with E-state index in [0.717, 1.165) is 31.9 Å². The molecular formula is C14H22N4O2. The second-order valence-corrected chi connectivity index (χ2v) is 4.82. The highest BCUT2D eigenvalue weighted by atomic mass is 16.5. The lowest BCUT2D eigenvalue weighted by Gasteiger charge is -2.36. The van der Waals surface area contributed by atoms with Crippen LogP contribution in [0.1, 0.15) is 0 Å². The fourth-order valence-electron chi connectivity index (χ4n) is 2.37. The number of rotatable bonds is 4. The number of benzene rings is 1. The summed E-state index contributed by atoms with van der Waals surface area (Å²) in [5, 5.41) is 2.89. The Hall–Kier alpha value is -1.95. The molecule has 1 fully saturated rings. The molecule has 1 aliphatic heterocycles. The van der Waals surface area contributed by atoms with Crippen LogP contribution in [0.3, 0.4) is 0 Å². The van der Waals surface area contributed by atoms with Gasteiger partial charge in [0.2, 0.25) is 5.91 Å². The molecule has 2 rings (SSSR count). The first-order chi connectivity index (χ1) is 9.65. The van der Waals surface area contributed by atoms with Crippen molar-refractivity contribution in [2.45, 2.75) is 0 Å². The average Bonchev–Trinajstić information content (AvgIpc) is 2.48. The van der Waals surface area contributed by atoms with E-state index in [0.29, 0.717) is 18.0 Å². The molecular weight excluding hydrogens is 256 g/mol. The molecule has 1 aromatic rings. The molecule has 110 valence electrons. The largest absolute Gasteiger partial charge is 0.495 e. The Kier molecular flexibility index (Phi) is 4.68. The molecule has 1 amide bonds. The van der Waals surface area contributed by atoms with E-state index in [1.165, 1.54) is 0 Å². The molecule has 0 saturated carbocycles. The fraction of sp³-hybridized carbons (Fsp3) is 0.500. The number of methoxy groups -OCH3 is 1. The van der Waals surface area contributed by atoms with Gasteiger partial charge in [-0.05, 0) is 19.2 Å². The molecule has 6 heteroatoms. The van der Waals surface area contributed by atoms with Crippen molar-refractivity contribution < 1.29 is 9.53 Å². The lowest BCUT2D eigenvalue weighted by Crippen LogP contribution is -2.50. The van der Waals surface area contributed by atoms with Crippen molar-refractivity contribution in [1.29, 1.82) is 0 Å². The van der Waals surface area contributed by atoms with E-state index in [9.17, 15) is 4.79 Å². The minimum Gasteiger partial charge on any atom is -0.495 e. The van der Waals surface area contributed by atoms with Crippen LogP contribution in [0.5, 0.6) is 5.75 Å². The maximum atomic E-state index is 11.8. The number of nitrogen functional groups attached to an aromatic ring is 1. The fourth-order valence-corrected chi connectivity index (χ4v) is 2.37. The summed E-state index contributed by atoms with van der Waals surface area (Å²) >= 11 is 0. The van der Waals surface area contributed by atoms with Gasteiger partial charge in [0, 0.05) is 37.9 Å². The molecule has 0 spiro atoms. The highest BCUT2D eigenvalue weighted by Crippen LogP contribution is 2.27. The Labute approximate surface area is 119 Å². The molecule has 1 aliphatic rings. The number of carbonyl (C=O) groups is 1. The van der Waals surface area contributed by atoms with E-state index in [-0.39, 0.29) is 5.91 Å². The number of hydrogen-bond donors (Lipinski definition) is 2. The van der Waals surface area contributed by atoms with Crippen molar-refractivity contribution in [1.82, 2.24) is 10.2 Å². The minimum absolute atomic E-state index is 0.155. The van der Waals surface area contributed by atoms with Gasteiger partial charge < -0.3 is 25.6 Å². The Morgan fingerprint density at radius 2 is 2.05 bits per heavy atom. The first-order valence-electron chi connectivity index (χ1n) is 6.76. The summed E-state index contributed by atoms with van der Waals surface area (Å²) in [5.74, 6) is 0.846. The zero-order chi connectivity index (χ0) is 14.5. The van der Waals surface area contributed by atoms with Gasteiger partial charge in [0.15, 0.2) is 0 Å². The molecule has 3 N–H and O–H groups in total. The predicted molar refractivity (Wildman–Crippen MR) is 80.1 cm³/mol. The van der Waals surface area contributed by atoms with Crippen LogP contribution < -0.4 is 20.7 Å². The maximum absolute atomic E-state index is 11.8. The zero-order valence-corrected chi connectivity index (χ0v) is 12.1. The zero-order valence-electron chi connectivity index (χ0n) is 12.1. The molecule has 1 aromatic carbocycles. The van der Waals surface area contributed by atoms with Crippen molar-refractivity contribution >= 4 is 17.3 Å². The van der Waals surface area contributed by atoms with E-state index in [1.807, 2.05) is 23.1 Å². The molecule has 0 bridgehead atoms. The van der Waals surface area contributed by atoms with Gasteiger partial charge in [0.1, 0.15) is 5.75 Å². The highest BCUT2D eigenvalue weighted by molar-refractivity contribution is 5.78. The molecule has 6 nitrogen and oxygen atoms in total. The van der Waals surface area contributed by atoms with Crippen LogP contribution in [0.4, 0.5) is 11.4 Å². The lowest BCUT2D eigenvalue weighted by molar-refractivity contribution is -0.130. The number of piperazine rings is 1. The molecule has 1 heterocycles. The molecule has 0 aliphatic carbocycles. The third-order valence-electron chi connectivity index (χ3n) is 3.54. The van der Waals surface area contributed by atoms with Crippen molar-refractivity contribution in [3.05, 3.63) is 18.2 Å². The van der Waals surface area contributed by atoms with Gasteiger partial charge in [-0.3, -0.25) is 4.79 Å². The third-order valence-corrected chi connectivity index (χ3v) is 3.54. The normalized spacial score (nSPS) is 15.3. The van der Waals surface area contributed by atoms with E-state index in [1.54, 1.807) is 14.2 Å². The van der Waals surface area contributed by atoms with E-state index in [2.05, 4.69) is 10.2 Å². The summed E-state index contributed by atoms with van der Waals surface area (Å²) in [6.07, 6.45) is 0. The van der Waals surface area contributed by atoms with Crippen molar-refractivity contribution in [3.63, 3.8) is 0 Å².